The molecule has 2 heterocycles. The third-order valence-corrected chi connectivity index (χ3v) is 2.61. The summed E-state index contributed by atoms with van der Waals surface area (Å²) >= 11 is 0. The highest BCUT2D eigenvalue weighted by Crippen LogP contribution is 2.35. The van der Waals surface area contributed by atoms with Crippen LogP contribution in [0.4, 0.5) is 0 Å². The van der Waals surface area contributed by atoms with Gasteiger partial charge in [0.2, 0.25) is 6.79 Å². The second-order valence-electron chi connectivity index (χ2n) is 3.77. The second kappa shape index (κ2) is 3.99. The quantitative estimate of drug-likeness (QED) is 0.608. The van der Waals surface area contributed by atoms with E-state index in [-0.39, 0.29) is 12.6 Å². The van der Waals surface area contributed by atoms with Crippen molar-refractivity contribution in [2.75, 3.05) is 6.79 Å². The van der Waals surface area contributed by atoms with Crippen molar-refractivity contribution >= 4 is 5.84 Å². The molecule has 3 N–H and O–H groups in total. The van der Waals surface area contributed by atoms with Crippen molar-refractivity contribution in [2.24, 2.45) is 5.73 Å². The molecule has 6 heteroatoms. The summed E-state index contributed by atoms with van der Waals surface area (Å²) in [4.78, 5) is 8.08. The number of ether oxygens (including phenoxy) is 2. The molecule has 1 aromatic heterocycles. The summed E-state index contributed by atoms with van der Waals surface area (Å²) in [6.45, 7) is 0.237. The number of fused-ring (bicyclic) bond motifs is 1. The highest BCUT2D eigenvalue weighted by Gasteiger charge is 2.14. The summed E-state index contributed by atoms with van der Waals surface area (Å²) in [7, 11) is 0. The van der Waals surface area contributed by atoms with Gasteiger partial charge in [0.25, 0.3) is 0 Å². The SMILES string of the molecule is N=C(N)c1cc(-c2ccc3c(c2)OCO3)ncn1. The van der Waals surface area contributed by atoms with Gasteiger partial charge in [-0.3, -0.25) is 5.41 Å². The largest absolute Gasteiger partial charge is 0.454 e. The minimum absolute atomic E-state index is 0.0839. The fourth-order valence-electron chi connectivity index (χ4n) is 1.72. The van der Waals surface area contributed by atoms with Crippen LogP contribution in [0, 0.1) is 5.41 Å². The molecule has 0 unspecified atom stereocenters. The number of amidine groups is 1. The number of hydrogen-bond acceptors (Lipinski definition) is 5. The van der Waals surface area contributed by atoms with E-state index in [1.807, 2.05) is 18.2 Å². The minimum Gasteiger partial charge on any atom is -0.454 e. The Morgan fingerprint density at radius 1 is 1.17 bits per heavy atom. The van der Waals surface area contributed by atoms with Crippen LogP contribution in [0.5, 0.6) is 11.5 Å². The third-order valence-electron chi connectivity index (χ3n) is 2.61. The van der Waals surface area contributed by atoms with E-state index >= 15 is 0 Å². The Morgan fingerprint density at radius 3 is 2.83 bits per heavy atom. The second-order valence-corrected chi connectivity index (χ2v) is 3.77. The van der Waals surface area contributed by atoms with Crippen LogP contribution >= 0.6 is 0 Å². The van der Waals surface area contributed by atoms with Gasteiger partial charge in [0.05, 0.1) is 5.69 Å². The van der Waals surface area contributed by atoms with E-state index in [0.29, 0.717) is 17.1 Å². The van der Waals surface area contributed by atoms with Gasteiger partial charge >= 0.3 is 0 Å². The molecular formula is C12H10N4O2. The molecule has 3 rings (SSSR count). The van der Waals surface area contributed by atoms with Crippen molar-refractivity contribution in [3.8, 4) is 22.8 Å². The Kier molecular flexibility index (Phi) is 2.33. The average molecular weight is 242 g/mol. The van der Waals surface area contributed by atoms with E-state index in [4.69, 9.17) is 20.6 Å². The Balaban J connectivity index is 2.04. The number of nitrogen functional groups attached to an aromatic ring is 1. The van der Waals surface area contributed by atoms with Crippen molar-refractivity contribution in [3.05, 3.63) is 36.3 Å². The molecule has 2 aromatic rings. The van der Waals surface area contributed by atoms with Crippen LogP contribution in [0.3, 0.4) is 0 Å². The summed E-state index contributed by atoms with van der Waals surface area (Å²) in [5.41, 5.74) is 7.35. The summed E-state index contributed by atoms with van der Waals surface area (Å²) in [6, 6.07) is 7.21. The Hall–Kier alpha value is -2.63. The Bertz CT molecular complexity index is 627. The number of rotatable bonds is 2. The molecule has 0 radical (unpaired) electrons. The minimum atomic E-state index is -0.0839. The standard InChI is InChI=1S/C12H10N4O2/c13-12(14)9-4-8(15-5-16-9)7-1-2-10-11(3-7)18-6-17-10/h1-5H,6H2,(H3,13,14). The summed E-state index contributed by atoms with van der Waals surface area (Å²) < 4.78 is 10.5. The smallest absolute Gasteiger partial charge is 0.231 e. The third kappa shape index (κ3) is 1.73. The molecule has 6 nitrogen and oxygen atoms in total. The van der Waals surface area contributed by atoms with Gasteiger partial charge in [-0.1, -0.05) is 0 Å². The molecule has 0 spiro atoms. The monoisotopic (exact) mass is 242 g/mol. The molecule has 1 aromatic carbocycles. The fourth-order valence-corrected chi connectivity index (χ4v) is 1.72. The lowest BCUT2D eigenvalue weighted by atomic mass is 10.1. The Morgan fingerprint density at radius 2 is 2.00 bits per heavy atom. The molecule has 18 heavy (non-hydrogen) atoms. The average Bonchev–Trinajstić information content (AvgIpc) is 2.86. The van der Waals surface area contributed by atoms with Crippen LogP contribution in [0.25, 0.3) is 11.3 Å². The van der Waals surface area contributed by atoms with Crippen LogP contribution in [0.1, 0.15) is 5.69 Å². The summed E-state index contributed by atoms with van der Waals surface area (Å²) in [6.07, 6.45) is 1.39. The molecule has 0 atom stereocenters. The predicted molar refractivity (Wildman–Crippen MR) is 64.6 cm³/mol. The van der Waals surface area contributed by atoms with Crippen LogP contribution in [0.2, 0.25) is 0 Å². The number of nitrogens with zero attached hydrogens (tertiary/aromatic N) is 2. The van der Waals surface area contributed by atoms with E-state index in [9.17, 15) is 0 Å². The number of hydrogen-bond donors (Lipinski definition) is 2. The van der Waals surface area contributed by atoms with Crippen molar-refractivity contribution in [1.29, 1.82) is 5.41 Å². The van der Waals surface area contributed by atoms with Crippen molar-refractivity contribution in [1.82, 2.24) is 9.97 Å². The first kappa shape index (κ1) is 10.5. The topological polar surface area (TPSA) is 94.1 Å². The maximum atomic E-state index is 7.36. The van der Waals surface area contributed by atoms with Gasteiger partial charge in [0, 0.05) is 5.56 Å². The number of nitrogens with two attached hydrogens (primary N) is 1. The van der Waals surface area contributed by atoms with Crippen molar-refractivity contribution in [3.63, 3.8) is 0 Å². The lowest BCUT2D eigenvalue weighted by Gasteiger charge is -2.04. The molecule has 0 aliphatic carbocycles. The number of benzene rings is 1. The zero-order chi connectivity index (χ0) is 12.5. The van der Waals surface area contributed by atoms with Crippen LogP contribution in [-0.4, -0.2) is 22.6 Å². The normalized spacial score (nSPS) is 12.4. The van der Waals surface area contributed by atoms with Crippen LogP contribution in [-0.2, 0) is 0 Å². The zero-order valence-corrected chi connectivity index (χ0v) is 9.38. The van der Waals surface area contributed by atoms with Gasteiger partial charge in [-0.2, -0.15) is 0 Å². The number of nitrogens with one attached hydrogen (secondary N) is 1. The molecule has 0 fully saturated rings. The molecule has 1 aliphatic rings. The fraction of sp³-hybridized carbons (Fsp3) is 0.0833. The first-order valence-electron chi connectivity index (χ1n) is 5.30. The van der Waals surface area contributed by atoms with Crippen LogP contribution in [0.15, 0.2) is 30.6 Å². The van der Waals surface area contributed by atoms with Gasteiger partial charge in [0.1, 0.15) is 17.9 Å². The molecule has 90 valence electrons. The predicted octanol–water partition coefficient (Wildman–Crippen LogP) is 1.16. The van der Waals surface area contributed by atoms with E-state index in [1.165, 1.54) is 6.33 Å². The molecule has 0 bridgehead atoms. The lowest BCUT2D eigenvalue weighted by Crippen LogP contribution is -2.13. The Labute approximate surface area is 103 Å². The summed E-state index contributed by atoms with van der Waals surface area (Å²) in [5.74, 6) is 1.33. The van der Waals surface area contributed by atoms with Crippen LogP contribution < -0.4 is 15.2 Å². The highest BCUT2D eigenvalue weighted by molar-refractivity contribution is 5.93. The molecule has 1 aliphatic heterocycles. The first-order chi connectivity index (χ1) is 8.74. The van der Waals surface area contributed by atoms with E-state index in [0.717, 1.165) is 11.3 Å². The maximum Gasteiger partial charge on any atom is 0.231 e. The van der Waals surface area contributed by atoms with Gasteiger partial charge in [-0.25, -0.2) is 9.97 Å². The molecular weight excluding hydrogens is 232 g/mol. The highest BCUT2D eigenvalue weighted by atomic mass is 16.7. The molecule has 0 amide bonds. The van der Waals surface area contributed by atoms with Crippen molar-refractivity contribution in [2.45, 2.75) is 0 Å². The van der Waals surface area contributed by atoms with Gasteiger partial charge < -0.3 is 15.2 Å². The van der Waals surface area contributed by atoms with Gasteiger partial charge in [-0.15, -0.1) is 0 Å². The van der Waals surface area contributed by atoms with E-state index in [2.05, 4.69) is 9.97 Å². The van der Waals surface area contributed by atoms with E-state index in [1.54, 1.807) is 6.07 Å². The van der Waals surface area contributed by atoms with Gasteiger partial charge in [-0.05, 0) is 24.3 Å². The molecule has 0 saturated heterocycles. The lowest BCUT2D eigenvalue weighted by molar-refractivity contribution is 0.174. The summed E-state index contributed by atoms with van der Waals surface area (Å²) in [5, 5.41) is 7.36. The molecule has 0 saturated carbocycles. The maximum absolute atomic E-state index is 7.36. The van der Waals surface area contributed by atoms with Gasteiger partial charge in [0.15, 0.2) is 11.5 Å². The van der Waals surface area contributed by atoms with Crippen molar-refractivity contribution < 1.29 is 9.47 Å². The number of aromatic nitrogens is 2. The zero-order valence-electron chi connectivity index (χ0n) is 9.38. The van der Waals surface area contributed by atoms with E-state index < -0.39 is 0 Å². The first-order valence-corrected chi connectivity index (χ1v) is 5.30.